The molecule has 1 aromatic carbocycles. The molecule has 1 aromatic heterocycles. The van der Waals surface area contributed by atoms with E-state index in [-0.39, 0.29) is 12.5 Å². The number of hydrogen-bond acceptors (Lipinski definition) is 4. The van der Waals surface area contributed by atoms with E-state index in [2.05, 4.69) is 22.1 Å². The number of carbonyl (C=O) groups excluding carboxylic acids is 1. The van der Waals surface area contributed by atoms with E-state index >= 15 is 0 Å². The van der Waals surface area contributed by atoms with Crippen molar-refractivity contribution in [3.63, 3.8) is 0 Å². The third kappa shape index (κ3) is 4.30. The van der Waals surface area contributed by atoms with Gasteiger partial charge in [0.05, 0.1) is 28.5 Å². The second-order valence-electron chi connectivity index (χ2n) is 4.17. The maximum Gasteiger partial charge on any atom is 0.267 e. The summed E-state index contributed by atoms with van der Waals surface area (Å²) in [6.07, 6.45) is 1.94. The van der Waals surface area contributed by atoms with Crippen LogP contribution in [0.2, 0.25) is 5.02 Å². The molecule has 6 heteroatoms. The molecule has 0 aliphatic carbocycles. The molecule has 0 aliphatic rings. The van der Waals surface area contributed by atoms with Gasteiger partial charge < -0.3 is 10.4 Å². The molecular weight excluding hydrogens is 308 g/mol. The second kappa shape index (κ2) is 7.23. The smallest absolute Gasteiger partial charge is 0.267 e. The molecule has 1 amide bonds. The highest BCUT2D eigenvalue weighted by Crippen LogP contribution is 2.24. The zero-order valence-corrected chi connectivity index (χ0v) is 12.9. The van der Waals surface area contributed by atoms with E-state index in [1.807, 2.05) is 6.92 Å². The fourth-order valence-electron chi connectivity index (χ4n) is 1.57. The normalized spacial score (nSPS) is 9.86. The Morgan fingerprint density at radius 3 is 3.00 bits per heavy atom. The lowest BCUT2D eigenvalue weighted by atomic mass is 10.2. The average Bonchev–Trinajstić information content (AvgIpc) is 2.89. The van der Waals surface area contributed by atoms with Crippen molar-refractivity contribution in [3.8, 4) is 11.8 Å². The molecule has 0 spiro atoms. The fraction of sp³-hybridized carbons (Fsp3) is 0.200. The minimum absolute atomic E-state index is 0.0227. The van der Waals surface area contributed by atoms with E-state index in [0.717, 1.165) is 10.6 Å². The van der Waals surface area contributed by atoms with Crippen LogP contribution in [0.5, 0.6) is 0 Å². The number of aliphatic hydroxyl groups excluding tert-OH is 1. The molecule has 0 unspecified atom stereocenters. The van der Waals surface area contributed by atoms with Crippen LogP contribution in [0.15, 0.2) is 24.4 Å². The summed E-state index contributed by atoms with van der Waals surface area (Å²) in [6.45, 7) is 1.86. The summed E-state index contributed by atoms with van der Waals surface area (Å²) in [7, 11) is 0. The first-order valence-electron chi connectivity index (χ1n) is 6.23. The van der Waals surface area contributed by atoms with E-state index in [0.29, 0.717) is 22.0 Å². The molecule has 2 rings (SSSR count). The van der Waals surface area contributed by atoms with Gasteiger partial charge in [0.25, 0.3) is 5.91 Å². The largest absolute Gasteiger partial charge is 0.395 e. The number of hydrogen-bond donors (Lipinski definition) is 2. The Labute approximate surface area is 131 Å². The number of aromatic nitrogens is 1. The highest BCUT2D eigenvalue weighted by molar-refractivity contribution is 7.13. The quantitative estimate of drug-likeness (QED) is 0.854. The molecule has 4 nitrogen and oxygen atoms in total. The van der Waals surface area contributed by atoms with Gasteiger partial charge in [0, 0.05) is 12.0 Å². The van der Waals surface area contributed by atoms with Crippen molar-refractivity contribution in [2.75, 3.05) is 11.9 Å². The maximum atomic E-state index is 12.1. The number of rotatable bonds is 3. The number of benzene rings is 1. The van der Waals surface area contributed by atoms with Gasteiger partial charge in [-0.25, -0.2) is 4.98 Å². The van der Waals surface area contributed by atoms with Crippen molar-refractivity contribution in [2.24, 2.45) is 0 Å². The highest BCUT2D eigenvalue weighted by Gasteiger charge is 2.11. The molecule has 0 radical (unpaired) electrons. The molecule has 0 saturated heterocycles. The van der Waals surface area contributed by atoms with E-state index in [9.17, 15) is 4.79 Å². The summed E-state index contributed by atoms with van der Waals surface area (Å²) < 4.78 is 0. The van der Waals surface area contributed by atoms with Crippen molar-refractivity contribution >= 4 is 34.5 Å². The topological polar surface area (TPSA) is 62.2 Å². The number of carbonyl (C=O) groups is 1. The Hall–Kier alpha value is -1.87. The summed E-state index contributed by atoms with van der Waals surface area (Å²) >= 11 is 7.40. The van der Waals surface area contributed by atoms with Gasteiger partial charge in [-0.3, -0.25) is 4.79 Å². The third-order valence-electron chi connectivity index (χ3n) is 2.53. The van der Waals surface area contributed by atoms with Crippen LogP contribution in [0.25, 0.3) is 0 Å². The molecule has 0 saturated carbocycles. The molecule has 0 fully saturated rings. The predicted octanol–water partition coefficient (Wildman–Crippen LogP) is 3.09. The van der Waals surface area contributed by atoms with Crippen LogP contribution in [0.1, 0.15) is 26.7 Å². The lowest BCUT2D eigenvalue weighted by Gasteiger charge is -2.06. The van der Waals surface area contributed by atoms with E-state index in [1.54, 1.807) is 18.2 Å². The average molecular weight is 321 g/mol. The van der Waals surface area contributed by atoms with Crippen molar-refractivity contribution in [3.05, 3.63) is 44.9 Å². The Balaban J connectivity index is 2.17. The summed E-state index contributed by atoms with van der Waals surface area (Å²) in [4.78, 5) is 16.7. The molecule has 2 N–H and O–H groups in total. The molecule has 2 aromatic rings. The van der Waals surface area contributed by atoms with E-state index in [1.165, 1.54) is 17.5 Å². The lowest BCUT2D eigenvalue weighted by Crippen LogP contribution is -2.10. The van der Waals surface area contributed by atoms with Gasteiger partial charge >= 0.3 is 0 Å². The number of amides is 1. The molecule has 21 heavy (non-hydrogen) atoms. The summed E-state index contributed by atoms with van der Waals surface area (Å²) in [5.41, 5.74) is 1.23. The summed E-state index contributed by atoms with van der Waals surface area (Å²) in [6, 6.07) is 5.15. The monoisotopic (exact) mass is 320 g/mol. The lowest BCUT2D eigenvalue weighted by molar-refractivity contribution is 0.103. The van der Waals surface area contributed by atoms with Crippen LogP contribution < -0.4 is 5.32 Å². The van der Waals surface area contributed by atoms with Crippen LogP contribution in [0.3, 0.4) is 0 Å². The van der Waals surface area contributed by atoms with Crippen molar-refractivity contribution in [2.45, 2.75) is 13.3 Å². The Bertz CT molecular complexity index is 716. The Morgan fingerprint density at radius 2 is 2.33 bits per heavy atom. The first-order chi connectivity index (χ1) is 10.1. The van der Waals surface area contributed by atoms with Crippen LogP contribution in [0, 0.1) is 18.8 Å². The summed E-state index contributed by atoms with van der Waals surface area (Å²) in [5, 5.41) is 12.7. The van der Waals surface area contributed by atoms with E-state index < -0.39 is 0 Å². The van der Waals surface area contributed by atoms with Gasteiger partial charge in [-0.05, 0) is 25.1 Å². The van der Waals surface area contributed by atoms with Gasteiger partial charge in [0.1, 0.15) is 4.88 Å². The third-order valence-corrected chi connectivity index (χ3v) is 3.77. The van der Waals surface area contributed by atoms with E-state index in [4.69, 9.17) is 16.7 Å². The summed E-state index contributed by atoms with van der Waals surface area (Å²) in [5.74, 6) is 5.48. The first-order valence-corrected chi connectivity index (χ1v) is 7.42. The van der Waals surface area contributed by atoms with Gasteiger partial charge in [-0.1, -0.05) is 23.4 Å². The number of anilines is 1. The van der Waals surface area contributed by atoms with Gasteiger partial charge in [-0.2, -0.15) is 0 Å². The van der Waals surface area contributed by atoms with Crippen molar-refractivity contribution < 1.29 is 9.90 Å². The number of halogens is 1. The number of thiazole rings is 1. The number of aryl methyl sites for hydroxylation is 1. The maximum absolute atomic E-state index is 12.1. The minimum Gasteiger partial charge on any atom is -0.395 e. The zero-order chi connectivity index (χ0) is 15.2. The highest BCUT2D eigenvalue weighted by atomic mass is 35.5. The molecule has 0 atom stereocenters. The van der Waals surface area contributed by atoms with Crippen molar-refractivity contribution in [1.29, 1.82) is 0 Å². The van der Waals surface area contributed by atoms with Crippen LogP contribution in [0.4, 0.5) is 5.69 Å². The number of nitrogens with one attached hydrogen (secondary N) is 1. The Kier molecular flexibility index (Phi) is 5.34. The van der Waals surface area contributed by atoms with Gasteiger partial charge in [-0.15, -0.1) is 11.3 Å². The first kappa shape index (κ1) is 15.5. The molecular formula is C15H13ClN2O2S. The van der Waals surface area contributed by atoms with Gasteiger partial charge in [0.2, 0.25) is 0 Å². The van der Waals surface area contributed by atoms with Crippen LogP contribution in [-0.4, -0.2) is 22.6 Å². The molecule has 0 bridgehead atoms. The second-order valence-corrected chi connectivity index (χ2v) is 5.81. The molecule has 1 heterocycles. The van der Waals surface area contributed by atoms with Crippen LogP contribution in [-0.2, 0) is 0 Å². The van der Waals surface area contributed by atoms with Gasteiger partial charge in [0.15, 0.2) is 0 Å². The van der Waals surface area contributed by atoms with Crippen LogP contribution >= 0.6 is 22.9 Å². The number of aliphatic hydroxyl groups is 1. The predicted molar refractivity (Wildman–Crippen MR) is 84.8 cm³/mol. The zero-order valence-electron chi connectivity index (χ0n) is 11.3. The Morgan fingerprint density at radius 1 is 1.52 bits per heavy atom. The minimum atomic E-state index is -0.247. The SMILES string of the molecule is Cc1ncc(C(=O)Nc2cc(C#CCCO)ccc2Cl)s1. The molecule has 0 aliphatic heterocycles. The number of nitrogens with zero attached hydrogens (tertiary/aromatic N) is 1. The standard InChI is InChI=1S/C15H13ClN2O2S/c1-10-17-9-14(21-10)15(20)18-13-8-11(4-2-3-7-19)5-6-12(13)16/h5-6,8-9,19H,3,7H2,1H3,(H,18,20). The molecule has 108 valence electrons. The van der Waals surface area contributed by atoms with Crippen molar-refractivity contribution in [1.82, 2.24) is 4.98 Å². The fourth-order valence-corrected chi connectivity index (χ4v) is 2.41.